The lowest BCUT2D eigenvalue weighted by Gasteiger charge is -2.18. The molecular formula is C11H19NO3S. The van der Waals surface area contributed by atoms with Gasteiger partial charge in [0.15, 0.2) is 0 Å². The maximum absolute atomic E-state index is 11.7. The molecule has 0 aromatic carbocycles. The molecule has 92 valence electrons. The van der Waals surface area contributed by atoms with Gasteiger partial charge in [0.1, 0.15) is 6.04 Å². The zero-order chi connectivity index (χ0) is 12.1. The first-order valence-corrected chi connectivity index (χ1v) is 6.70. The van der Waals surface area contributed by atoms with E-state index < -0.39 is 12.0 Å². The molecule has 0 radical (unpaired) electrons. The molecule has 0 aromatic heterocycles. The number of nitrogens with one attached hydrogen (secondary N) is 1. The monoisotopic (exact) mass is 245 g/mol. The van der Waals surface area contributed by atoms with Crippen LogP contribution in [0.3, 0.4) is 0 Å². The molecule has 0 aliphatic carbocycles. The molecule has 0 saturated carbocycles. The predicted octanol–water partition coefficient (Wildman–Crippen LogP) is 1.50. The van der Waals surface area contributed by atoms with Crippen LogP contribution in [-0.4, -0.2) is 34.0 Å². The summed E-state index contributed by atoms with van der Waals surface area (Å²) in [6, 6.07) is -0.742. The summed E-state index contributed by atoms with van der Waals surface area (Å²) >= 11 is 1.62. The van der Waals surface area contributed by atoms with Gasteiger partial charge in [-0.15, -0.1) is 11.8 Å². The SMILES string of the molecule is CC(C)C[C@H](NC(=O)C1CCCS1)C(=O)O. The largest absolute Gasteiger partial charge is 0.480 e. The van der Waals surface area contributed by atoms with Gasteiger partial charge in [-0.1, -0.05) is 13.8 Å². The van der Waals surface area contributed by atoms with Crippen LogP contribution in [0.25, 0.3) is 0 Å². The average Bonchev–Trinajstić information content (AvgIpc) is 2.68. The minimum Gasteiger partial charge on any atom is -0.480 e. The van der Waals surface area contributed by atoms with Crippen LogP contribution in [-0.2, 0) is 9.59 Å². The van der Waals surface area contributed by atoms with E-state index in [4.69, 9.17) is 5.11 Å². The van der Waals surface area contributed by atoms with Gasteiger partial charge in [0.2, 0.25) is 5.91 Å². The Hall–Kier alpha value is -0.710. The smallest absolute Gasteiger partial charge is 0.326 e. The zero-order valence-electron chi connectivity index (χ0n) is 9.73. The highest BCUT2D eigenvalue weighted by atomic mass is 32.2. The summed E-state index contributed by atoms with van der Waals surface area (Å²) < 4.78 is 0. The molecule has 1 rings (SSSR count). The van der Waals surface area contributed by atoms with Crippen molar-refractivity contribution in [1.82, 2.24) is 5.32 Å². The molecule has 2 atom stereocenters. The number of hydrogen-bond donors (Lipinski definition) is 2. The zero-order valence-corrected chi connectivity index (χ0v) is 10.5. The molecule has 0 spiro atoms. The Labute approximate surface area is 100 Å². The van der Waals surface area contributed by atoms with E-state index in [2.05, 4.69) is 5.32 Å². The molecule has 1 aliphatic rings. The van der Waals surface area contributed by atoms with Crippen LogP contribution < -0.4 is 5.32 Å². The number of aliphatic carboxylic acids is 1. The summed E-state index contributed by atoms with van der Waals surface area (Å²) in [6.45, 7) is 3.90. The fourth-order valence-electron chi connectivity index (χ4n) is 1.74. The lowest BCUT2D eigenvalue weighted by Crippen LogP contribution is -2.44. The third kappa shape index (κ3) is 4.04. The second-order valence-electron chi connectivity index (χ2n) is 4.53. The van der Waals surface area contributed by atoms with Crippen molar-refractivity contribution in [3.8, 4) is 0 Å². The first-order chi connectivity index (χ1) is 7.50. The molecule has 1 aliphatic heterocycles. The summed E-state index contributed by atoms with van der Waals surface area (Å²) in [5.41, 5.74) is 0. The third-order valence-electron chi connectivity index (χ3n) is 2.54. The van der Waals surface area contributed by atoms with Crippen molar-refractivity contribution >= 4 is 23.6 Å². The van der Waals surface area contributed by atoms with Crippen LogP contribution in [0, 0.1) is 5.92 Å². The van der Waals surface area contributed by atoms with Gasteiger partial charge in [-0.2, -0.15) is 0 Å². The van der Waals surface area contributed by atoms with E-state index in [-0.39, 0.29) is 17.1 Å². The molecule has 2 N–H and O–H groups in total. The standard InChI is InChI=1S/C11H19NO3S/c1-7(2)6-8(11(14)15)12-10(13)9-4-3-5-16-9/h7-9H,3-6H2,1-2H3,(H,12,13)(H,14,15)/t8-,9?/m0/s1. The average molecular weight is 245 g/mol. The lowest BCUT2D eigenvalue weighted by molar-refractivity contribution is -0.142. The van der Waals surface area contributed by atoms with Crippen LogP contribution in [0.1, 0.15) is 33.1 Å². The van der Waals surface area contributed by atoms with Gasteiger partial charge >= 0.3 is 5.97 Å². The highest BCUT2D eigenvalue weighted by Crippen LogP contribution is 2.26. The van der Waals surface area contributed by atoms with Crippen LogP contribution in [0.15, 0.2) is 0 Å². The molecule has 1 saturated heterocycles. The van der Waals surface area contributed by atoms with Gasteiger partial charge < -0.3 is 10.4 Å². The number of carboxylic acids is 1. The van der Waals surface area contributed by atoms with E-state index in [1.165, 1.54) is 0 Å². The molecule has 1 amide bonds. The van der Waals surface area contributed by atoms with E-state index in [9.17, 15) is 9.59 Å². The van der Waals surface area contributed by atoms with Gasteiger partial charge in [-0.05, 0) is 30.9 Å². The van der Waals surface area contributed by atoms with Crippen LogP contribution >= 0.6 is 11.8 Å². The summed E-state index contributed by atoms with van der Waals surface area (Å²) in [7, 11) is 0. The third-order valence-corrected chi connectivity index (χ3v) is 3.92. The molecule has 0 aromatic rings. The lowest BCUT2D eigenvalue weighted by atomic mass is 10.0. The normalized spacial score (nSPS) is 22.1. The highest BCUT2D eigenvalue weighted by Gasteiger charge is 2.28. The molecule has 16 heavy (non-hydrogen) atoms. The molecule has 4 nitrogen and oxygen atoms in total. The molecule has 5 heteroatoms. The highest BCUT2D eigenvalue weighted by molar-refractivity contribution is 8.00. The van der Waals surface area contributed by atoms with E-state index in [0.717, 1.165) is 18.6 Å². The Balaban J connectivity index is 2.47. The van der Waals surface area contributed by atoms with E-state index in [1.807, 2.05) is 13.8 Å². The quantitative estimate of drug-likeness (QED) is 0.770. The minimum absolute atomic E-state index is 0.0472. The van der Waals surface area contributed by atoms with Crippen molar-refractivity contribution in [2.45, 2.75) is 44.4 Å². The summed E-state index contributed by atoms with van der Waals surface area (Å²) in [6.07, 6.45) is 2.40. The Bertz CT molecular complexity index is 262. The van der Waals surface area contributed by atoms with E-state index in [0.29, 0.717) is 6.42 Å². The first-order valence-electron chi connectivity index (χ1n) is 5.65. The fourth-order valence-corrected chi connectivity index (χ4v) is 2.91. The second kappa shape index (κ2) is 6.13. The maximum atomic E-state index is 11.7. The van der Waals surface area contributed by atoms with E-state index >= 15 is 0 Å². The predicted molar refractivity (Wildman–Crippen MR) is 64.5 cm³/mol. The van der Waals surface area contributed by atoms with Crippen molar-refractivity contribution in [2.24, 2.45) is 5.92 Å². The summed E-state index contributed by atoms with van der Waals surface area (Å²) in [5.74, 6) is 0.207. The van der Waals surface area contributed by atoms with Gasteiger partial charge in [-0.3, -0.25) is 4.79 Å². The van der Waals surface area contributed by atoms with Gasteiger partial charge in [0.25, 0.3) is 0 Å². The van der Waals surface area contributed by atoms with Crippen molar-refractivity contribution in [1.29, 1.82) is 0 Å². The minimum atomic E-state index is -0.940. The molecule has 1 unspecified atom stereocenters. The Morgan fingerprint density at radius 2 is 2.19 bits per heavy atom. The van der Waals surface area contributed by atoms with Crippen LogP contribution in [0.2, 0.25) is 0 Å². The number of thioether (sulfide) groups is 1. The number of rotatable bonds is 5. The Morgan fingerprint density at radius 3 is 2.62 bits per heavy atom. The van der Waals surface area contributed by atoms with Gasteiger partial charge in [-0.25, -0.2) is 4.79 Å². The van der Waals surface area contributed by atoms with Crippen molar-refractivity contribution < 1.29 is 14.7 Å². The van der Waals surface area contributed by atoms with Gasteiger partial charge in [0.05, 0.1) is 5.25 Å². The fraction of sp³-hybridized carbons (Fsp3) is 0.818. The molecule has 1 fully saturated rings. The Kier molecular flexibility index (Phi) is 5.12. The number of amides is 1. The van der Waals surface area contributed by atoms with Crippen molar-refractivity contribution in [3.63, 3.8) is 0 Å². The number of carbonyl (C=O) groups is 2. The molecule has 0 bridgehead atoms. The van der Waals surface area contributed by atoms with Crippen molar-refractivity contribution in [3.05, 3.63) is 0 Å². The molecule has 1 heterocycles. The van der Waals surface area contributed by atoms with Crippen LogP contribution in [0.5, 0.6) is 0 Å². The van der Waals surface area contributed by atoms with E-state index in [1.54, 1.807) is 11.8 Å². The first kappa shape index (κ1) is 13.4. The summed E-state index contributed by atoms with van der Waals surface area (Å²) in [4.78, 5) is 22.7. The number of carboxylic acid groups (broad SMARTS) is 1. The number of hydrogen-bond acceptors (Lipinski definition) is 3. The van der Waals surface area contributed by atoms with Crippen LogP contribution in [0.4, 0.5) is 0 Å². The Morgan fingerprint density at radius 1 is 1.50 bits per heavy atom. The summed E-state index contributed by atoms with van der Waals surface area (Å²) in [5, 5.41) is 11.6. The van der Waals surface area contributed by atoms with Crippen molar-refractivity contribution in [2.75, 3.05) is 5.75 Å². The maximum Gasteiger partial charge on any atom is 0.326 e. The number of carbonyl (C=O) groups excluding carboxylic acids is 1. The second-order valence-corrected chi connectivity index (χ2v) is 5.84. The topological polar surface area (TPSA) is 66.4 Å². The molecular weight excluding hydrogens is 226 g/mol. The van der Waals surface area contributed by atoms with Gasteiger partial charge in [0, 0.05) is 0 Å².